The van der Waals surface area contributed by atoms with Gasteiger partial charge in [0.25, 0.3) is 0 Å². The molecule has 5 aromatic rings. The second-order valence-electron chi connectivity index (χ2n) is 9.35. The quantitative estimate of drug-likeness (QED) is 0.149. The van der Waals surface area contributed by atoms with Gasteiger partial charge in [0, 0.05) is 0 Å². The van der Waals surface area contributed by atoms with Crippen LogP contribution >= 0.6 is 18.4 Å². The van der Waals surface area contributed by atoms with E-state index in [0.717, 1.165) is 11.1 Å². The summed E-state index contributed by atoms with van der Waals surface area (Å²) in [5.74, 6) is 0.620. The Morgan fingerprint density at radius 1 is 0.579 bits per heavy atom. The van der Waals surface area contributed by atoms with Gasteiger partial charge >= 0.3 is 231 Å². The van der Waals surface area contributed by atoms with E-state index in [1.54, 1.807) is 0 Å². The Kier molecular flexibility index (Phi) is 7.49. The summed E-state index contributed by atoms with van der Waals surface area (Å²) in [5.41, 5.74) is 1.89. The number of hydrogen-bond donors (Lipinski definition) is 0. The molecular formula is C34H31ClNOP. The third-order valence-electron chi connectivity index (χ3n) is 7.15. The van der Waals surface area contributed by atoms with E-state index < -0.39 is 6.75 Å². The molecule has 0 fully saturated rings. The first kappa shape index (κ1) is 25.9. The predicted octanol–water partition coefficient (Wildman–Crippen LogP) is 7.72. The van der Waals surface area contributed by atoms with Crippen LogP contribution in [-0.4, -0.2) is 18.8 Å². The summed E-state index contributed by atoms with van der Waals surface area (Å²) in [7, 11) is 4.33. The summed E-state index contributed by atoms with van der Waals surface area (Å²) in [5, 5.41) is 4.09. The van der Waals surface area contributed by atoms with E-state index in [-0.39, 0.29) is 0 Å². The molecule has 0 atom stereocenters. The van der Waals surface area contributed by atoms with Crippen LogP contribution in [0.15, 0.2) is 151 Å². The number of nitrogens with zero attached hydrogens (tertiary/aromatic N) is 1. The third kappa shape index (κ3) is 4.16. The van der Waals surface area contributed by atoms with Crippen molar-refractivity contribution in [1.82, 2.24) is 4.67 Å². The summed E-state index contributed by atoms with van der Waals surface area (Å²) in [4.78, 5) is 0. The average Bonchev–Trinajstić information content (AvgIpc) is 2.97. The van der Waals surface area contributed by atoms with Gasteiger partial charge in [0.05, 0.1) is 0 Å². The maximum absolute atomic E-state index is 7.09. The Labute approximate surface area is 230 Å². The van der Waals surface area contributed by atoms with Gasteiger partial charge in [0.1, 0.15) is 0 Å². The molecule has 2 nitrogen and oxygen atoms in total. The molecule has 4 heteroatoms. The number of hydrogen-bond acceptors (Lipinski definition) is 2. The summed E-state index contributed by atoms with van der Waals surface area (Å²) in [6.45, 7) is -3.69. The van der Waals surface area contributed by atoms with Crippen molar-refractivity contribution in [2.45, 2.75) is 0 Å². The number of ether oxygens (including phenoxy) is 1. The molecular weight excluding hydrogens is 505 g/mol. The molecule has 0 radical (unpaired) electrons. The van der Waals surface area contributed by atoms with Crippen molar-refractivity contribution < 1.29 is 4.74 Å². The van der Waals surface area contributed by atoms with Crippen molar-refractivity contribution in [3.05, 3.63) is 162 Å². The van der Waals surface area contributed by atoms with Gasteiger partial charge in [-0.1, -0.05) is 0 Å². The first-order chi connectivity index (χ1) is 18.6. The number of halogens is 1. The first-order valence-electron chi connectivity index (χ1n) is 12.6. The molecule has 0 heterocycles. The topological polar surface area (TPSA) is 12.5 Å². The monoisotopic (exact) mass is 535 g/mol. The van der Waals surface area contributed by atoms with E-state index in [2.05, 4.69) is 140 Å². The van der Waals surface area contributed by atoms with Gasteiger partial charge in [-0.15, -0.1) is 0 Å². The third-order valence-corrected chi connectivity index (χ3v) is 14.0. The second-order valence-corrected chi connectivity index (χ2v) is 14.7. The van der Waals surface area contributed by atoms with Crippen LogP contribution in [-0.2, 0) is 0 Å². The molecule has 0 aromatic heterocycles. The molecule has 190 valence electrons. The normalized spacial score (nSPS) is 13.1. The van der Waals surface area contributed by atoms with E-state index in [1.165, 1.54) is 15.9 Å². The van der Waals surface area contributed by atoms with Crippen LogP contribution in [0.5, 0.6) is 5.75 Å². The predicted molar refractivity (Wildman–Crippen MR) is 165 cm³/mol. The van der Waals surface area contributed by atoms with Gasteiger partial charge in [-0.25, -0.2) is 0 Å². The zero-order chi connectivity index (χ0) is 26.5. The van der Waals surface area contributed by atoms with Crippen LogP contribution in [0.4, 0.5) is 0 Å². The van der Waals surface area contributed by atoms with Crippen LogP contribution in [0.3, 0.4) is 0 Å². The van der Waals surface area contributed by atoms with Gasteiger partial charge in [-0.05, 0) is 0 Å². The number of benzene rings is 5. The summed E-state index contributed by atoms with van der Waals surface area (Å²) in [6.07, 6.45) is 2.19. The van der Waals surface area contributed by atoms with Gasteiger partial charge in [-0.3, -0.25) is 0 Å². The molecule has 0 bridgehead atoms. The molecule has 38 heavy (non-hydrogen) atoms. The van der Waals surface area contributed by atoms with E-state index >= 15 is 0 Å². The SMILES string of the molecule is CN(C)P(C(=Cc1ccccc1)Oc1ccccc1Cl)(c1ccccc1)(c1ccccc1)c1ccccc1. The molecule has 0 saturated carbocycles. The minimum absolute atomic E-state index is 0.566. The Balaban J connectivity index is 2.02. The Morgan fingerprint density at radius 2 is 0.974 bits per heavy atom. The first-order valence-corrected chi connectivity index (χ1v) is 15.2. The van der Waals surface area contributed by atoms with E-state index in [0.29, 0.717) is 10.8 Å². The maximum atomic E-state index is 7.09. The Bertz CT molecular complexity index is 1420. The van der Waals surface area contributed by atoms with Crippen LogP contribution < -0.4 is 20.7 Å². The van der Waals surface area contributed by atoms with Gasteiger partial charge < -0.3 is 0 Å². The van der Waals surface area contributed by atoms with Gasteiger partial charge in [0.15, 0.2) is 0 Å². The number of para-hydroxylation sites is 1. The fourth-order valence-electron chi connectivity index (χ4n) is 5.45. The van der Waals surface area contributed by atoms with Crippen molar-refractivity contribution in [1.29, 1.82) is 0 Å². The Hall–Kier alpha value is -3.68. The molecule has 0 unspecified atom stereocenters. The zero-order valence-electron chi connectivity index (χ0n) is 21.6. The second kappa shape index (κ2) is 11.0. The van der Waals surface area contributed by atoms with Crippen molar-refractivity contribution in [3.63, 3.8) is 0 Å². The Morgan fingerprint density at radius 3 is 1.39 bits per heavy atom. The molecule has 0 spiro atoms. The molecule has 0 N–H and O–H groups in total. The molecule has 0 amide bonds. The van der Waals surface area contributed by atoms with Crippen LogP contribution in [0.1, 0.15) is 5.56 Å². The summed E-state index contributed by atoms with van der Waals surface area (Å²) < 4.78 is 9.47. The average molecular weight is 536 g/mol. The van der Waals surface area contributed by atoms with Crippen LogP contribution in [0.25, 0.3) is 6.08 Å². The molecule has 0 aliphatic heterocycles. The van der Waals surface area contributed by atoms with E-state index in [4.69, 9.17) is 16.3 Å². The molecule has 5 aromatic carbocycles. The summed E-state index contributed by atoms with van der Waals surface area (Å²) >= 11 is 6.73. The van der Waals surface area contributed by atoms with Crippen LogP contribution in [0, 0.1) is 0 Å². The fourth-order valence-corrected chi connectivity index (χ4v) is 12.0. The van der Waals surface area contributed by atoms with E-state index in [1.807, 2.05) is 30.3 Å². The van der Waals surface area contributed by atoms with Crippen molar-refractivity contribution >= 4 is 40.3 Å². The fraction of sp³-hybridized carbons (Fsp3) is 0.0588. The van der Waals surface area contributed by atoms with Crippen molar-refractivity contribution in [2.75, 3.05) is 14.1 Å². The standard InChI is InChI=1S/C34H31ClNOP/c1-36(2)38(29-19-9-4-10-20-29,30-21-11-5-12-22-30,31-23-13-6-14-24-31)34(27-28-17-7-3-8-18-28)37-33-26-16-15-25-32(33)35/h3-27H,1-2H3. The number of rotatable bonds is 8. The van der Waals surface area contributed by atoms with E-state index in [9.17, 15) is 0 Å². The molecule has 5 rings (SSSR count). The summed E-state index contributed by atoms with van der Waals surface area (Å²) in [6, 6.07) is 50.3. The molecule has 0 aliphatic rings. The minimum atomic E-state index is -3.69. The van der Waals surface area contributed by atoms with Crippen LogP contribution in [0.2, 0.25) is 5.02 Å². The molecule has 0 aliphatic carbocycles. The molecule has 0 saturated heterocycles. The van der Waals surface area contributed by atoms with Gasteiger partial charge in [-0.2, -0.15) is 0 Å². The zero-order valence-corrected chi connectivity index (χ0v) is 23.3. The van der Waals surface area contributed by atoms with Crippen molar-refractivity contribution in [2.24, 2.45) is 0 Å². The van der Waals surface area contributed by atoms with Gasteiger partial charge in [0.2, 0.25) is 0 Å². The van der Waals surface area contributed by atoms with Crippen molar-refractivity contribution in [3.8, 4) is 5.75 Å².